The molecule has 0 atom stereocenters. The maximum Gasteiger partial charge on any atom is 0.406 e. The number of aryl methyl sites for hydroxylation is 1. The SMILES string of the molecule is COc1ccc(CN(CC(F)(F)F)C(=O)c2sc(-c3ccccc3)nc2C)cc1. The summed E-state index contributed by atoms with van der Waals surface area (Å²) in [5.74, 6) is -0.0939. The smallest absolute Gasteiger partial charge is 0.406 e. The standard InChI is InChI=1S/C21H19F3N2O2S/c1-14-18(29-19(25-14)16-6-4-3-5-7-16)20(27)26(13-21(22,23)24)12-15-8-10-17(28-2)11-9-15/h3-11H,12-13H2,1-2H3. The molecule has 0 bridgehead atoms. The van der Waals surface area contributed by atoms with Crippen molar-refractivity contribution < 1.29 is 22.7 Å². The molecule has 0 fully saturated rings. The highest BCUT2D eigenvalue weighted by Crippen LogP contribution is 2.30. The molecule has 152 valence electrons. The van der Waals surface area contributed by atoms with E-state index in [2.05, 4.69) is 4.98 Å². The third-order valence-electron chi connectivity index (χ3n) is 4.20. The van der Waals surface area contributed by atoms with Gasteiger partial charge in [0.05, 0.1) is 12.8 Å². The fourth-order valence-corrected chi connectivity index (χ4v) is 3.85. The van der Waals surface area contributed by atoms with Gasteiger partial charge in [-0.25, -0.2) is 4.98 Å². The van der Waals surface area contributed by atoms with Gasteiger partial charge in [-0.1, -0.05) is 42.5 Å². The first-order valence-electron chi connectivity index (χ1n) is 8.78. The molecular formula is C21H19F3N2O2S. The molecule has 3 rings (SSSR count). The van der Waals surface area contributed by atoms with Gasteiger partial charge in [0.1, 0.15) is 22.2 Å². The number of methoxy groups -OCH3 is 1. The number of rotatable bonds is 6. The van der Waals surface area contributed by atoms with Crippen LogP contribution >= 0.6 is 11.3 Å². The minimum absolute atomic E-state index is 0.166. The quantitative estimate of drug-likeness (QED) is 0.541. The van der Waals surface area contributed by atoms with E-state index in [-0.39, 0.29) is 11.4 Å². The number of alkyl halides is 3. The maximum absolute atomic E-state index is 13.1. The van der Waals surface area contributed by atoms with Gasteiger partial charge in [-0.05, 0) is 24.6 Å². The fourth-order valence-electron chi connectivity index (χ4n) is 2.81. The summed E-state index contributed by atoms with van der Waals surface area (Å²) < 4.78 is 44.5. The van der Waals surface area contributed by atoms with Gasteiger partial charge in [0.25, 0.3) is 5.91 Å². The Morgan fingerprint density at radius 2 is 1.76 bits per heavy atom. The first-order valence-corrected chi connectivity index (χ1v) is 9.60. The molecule has 0 aliphatic heterocycles. The minimum atomic E-state index is -4.51. The number of hydrogen-bond donors (Lipinski definition) is 0. The van der Waals surface area contributed by atoms with Crippen LogP contribution in [0.15, 0.2) is 54.6 Å². The lowest BCUT2D eigenvalue weighted by atomic mass is 10.2. The van der Waals surface area contributed by atoms with Crippen molar-refractivity contribution in [3.05, 3.63) is 70.7 Å². The van der Waals surface area contributed by atoms with E-state index in [1.54, 1.807) is 31.2 Å². The predicted molar refractivity (Wildman–Crippen MR) is 106 cm³/mol. The van der Waals surface area contributed by atoms with Crippen LogP contribution in [-0.2, 0) is 6.54 Å². The van der Waals surface area contributed by atoms with Gasteiger partial charge in [-0.15, -0.1) is 11.3 Å². The molecule has 29 heavy (non-hydrogen) atoms. The van der Waals surface area contributed by atoms with E-state index in [1.807, 2.05) is 30.3 Å². The van der Waals surface area contributed by atoms with E-state index < -0.39 is 18.6 Å². The molecule has 0 aliphatic carbocycles. The van der Waals surface area contributed by atoms with Crippen molar-refractivity contribution in [1.29, 1.82) is 0 Å². The predicted octanol–water partition coefficient (Wildman–Crippen LogP) is 5.33. The van der Waals surface area contributed by atoms with Crippen LogP contribution in [0.3, 0.4) is 0 Å². The minimum Gasteiger partial charge on any atom is -0.497 e. The average Bonchev–Trinajstić information content (AvgIpc) is 3.09. The summed E-state index contributed by atoms with van der Waals surface area (Å²) in [6.07, 6.45) is -4.51. The van der Waals surface area contributed by atoms with E-state index >= 15 is 0 Å². The molecule has 0 aliphatic rings. The number of ether oxygens (including phenoxy) is 1. The van der Waals surface area contributed by atoms with Crippen LogP contribution in [-0.4, -0.2) is 35.6 Å². The van der Waals surface area contributed by atoms with Gasteiger partial charge in [0, 0.05) is 12.1 Å². The molecule has 2 aromatic carbocycles. The Balaban J connectivity index is 1.89. The van der Waals surface area contributed by atoms with E-state index in [0.29, 0.717) is 22.0 Å². The normalized spacial score (nSPS) is 11.3. The van der Waals surface area contributed by atoms with E-state index in [0.717, 1.165) is 21.8 Å². The molecule has 0 radical (unpaired) electrons. The first kappa shape index (κ1) is 20.9. The number of benzene rings is 2. The highest BCUT2D eigenvalue weighted by atomic mass is 32.1. The summed E-state index contributed by atoms with van der Waals surface area (Å²) in [6, 6.07) is 15.8. The summed E-state index contributed by atoms with van der Waals surface area (Å²) >= 11 is 1.10. The van der Waals surface area contributed by atoms with Gasteiger partial charge in [-0.3, -0.25) is 4.79 Å². The van der Waals surface area contributed by atoms with Gasteiger partial charge >= 0.3 is 6.18 Å². The molecule has 1 heterocycles. The molecule has 4 nitrogen and oxygen atoms in total. The second-order valence-electron chi connectivity index (χ2n) is 6.42. The number of nitrogens with zero attached hydrogens (tertiary/aromatic N) is 2. The lowest BCUT2D eigenvalue weighted by Crippen LogP contribution is -2.38. The molecule has 0 saturated heterocycles. The lowest BCUT2D eigenvalue weighted by molar-refractivity contribution is -0.141. The highest BCUT2D eigenvalue weighted by molar-refractivity contribution is 7.17. The van der Waals surface area contributed by atoms with E-state index in [4.69, 9.17) is 4.74 Å². The molecule has 0 spiro atoms. The Morgan fingerprint density at radius 3 is 2.34 bits per heavy atom. The third-order valence-corrected chi connectivity index (χ3v) is 5.40. The molecule has 1 amide bonds. The van der Waals surface area contributed by atoms with Crippen molar-refractivity contribution in [2.75, 3.05) is 13.7 Å². The van der Waals surface area contributed by atoms with Crippen LogP contribution < -0.4 is 4.74 Å². The van der Waals surface area contributed by atoms with Crippen LogP contribution in [0.25, 0.3) is 10.6 Å². The zero-order valence-electron chi connectivity index (χ0n) is 15.9. The van der Waals surface area contributed by atoms with Crippen LogP contribution in [0.4, 0.5) is 13.2 Å². The highest BCUT2D eigenvalue weighted by Gasteiger charge is 2.34. The number of carbonyl (C=O) groups excluding carboxylic acids is 1. The zero-order chi connectivity index (χ0) is 21.0. The van der Waals surface area contributed by atoms with Crippen LogP contribution in [0, 0.1) is 6.92 Å². The molecule has 0 N–H and O–H groups in total. The Morgan fingerprint density at radius 1 is 1.10 bits per heavy atom. The van der Waals surface area contributed by atoms with Crippen LogP contribution in [0.5, 0.6) is 5.75 Å². The number of thiazole rings is 1. The summed E-state index contributed by atoms with van der Waals surface area (Å²) in [5, 5.41) is 0.600. The first-order chi connectivity index (χ1) is 13.8. The lowest BCUT2D eigenvalue weighted by Gasteiger charge is -2.24. The van der Waals surface area contributed by atoms with E-state index in [1.165, 1.54) is 7.11 Å². The summed E-state index contributed by atoms with van der Waals surface area (Å²) in [6.45, 7) is 0.130. The zero-order valence-corrected chi connectivity index (χ0v) is 16.7. The molecular weight excluding hydrogens is 401 g/mol. The molecule has 8 heteroatoms. The van der Waals surface area contributed by atoms with Crippen LogP contribution in [0.2, 0.25) is 0 Å². The maximum atomic E-state index is 13.1. The number of amides is 1. The summed E-state index contributed by atoms with van der Waals surface area (Å²) in [5.41, 5.74) is 1.81. The Kier molecular flexibility index (Phi) is 6.22. The second-order valence-corrected chi connectivity index (χ2v) is 7.42. The summed E-state index contributed by atoms with van der Waals surface area (Å²) in [7, 11) is 1.51. The van der Waals surface area contributed by atoms with Crippen molar-refractivity contribution in [2.45, 2.75) is 19.6 Å². The number of carbonyl (C=O) groups is 1. The monoisotopic (exact) mass is 420 g/mol. The Labute approximate surface area is 170 Å². The van der Waals surface area contributed by atoms with Crippen molar-refractivity contribution in [3.8, 4) is 16.3 Å². The molecule has 3 aromatic rings. The number of hydrogen-bond acceptors (Lipinski definition) is 4. The van der Waals surface area contributed by atoms with Crippen molar-refractivity contribution in [3.63, 3.8) is 0 Å². The van der Waals surface area contributed by atoms with Gasteiger partial charge in [0.2, 0.25) is 0 Å². The second kappa shape index (κ2) is 8.65. The molecule has 0 saturated carbocycles. The summed E-state index contributed by atoms with van der Waals surface area (Å²) in [4.78, 5) is 18.4. The largest absolute Gasteiger partial charge is 0.497 e. The number of halogens is 3. The van der Waals surface area contributed by atoms with Gasteiger partial charge < -0.3 is 9.64 Å². The third kappa shape index (κ3) is 5.35. The van der Waals surface area contributed by atoms with Crippen molar-refractivity contribution >= 4 is 17.2 Å². The average molecular weight is 420 g/mol. The van der Waals surface area contributed by atoms with Crippen molar-refractivity contribution in [1.82, 2.24) is 9.88 Å². The van der Waals surface area contributed by atoms with Crippen LogP contribution in [0.1, 0.15) is 20.9 Å². The van der Waals surface area contributed by atoms with E-state index in [9.17, 15) is 18.0 Å². The Bertz CT molecular complexity index is 970. The topological polar surface area (TPSA) is 42.4 Å². The van der Waals surface area contributed by atoms with Gasteiger partial charge in [-0.2, -0.15) is 13.2 Å². The molecule has 0 unspecified atom stereocenters. The fraction of sp³-hybridized carbons (Fsp3) is 0.238. The molecule has 1 aromatic heterocycles. The van der Waals surface area contributed by atoms with Gasteiger partial charge in [0.15, 0.2) is 0 Å². The van der Waals surface area contributed by atoms with Crippen molar-refractivity contribution in [2.24, 2.45) is 0 Å². The number of aromatic nitrogens is 1. The Hall–Kier alpha value is -2.87.